The molecular formula is C6H14O5. The van der Waals surface area contributed by atoms with Gasteiger partial charge in [0.15, 0.2) is 6.10 Å². The smallest absolute Gasteiger partial charge is 0.332 e. The zero-order chi connectivity index (χ0) is 9.28. The average Bonchev–Trinajstić information content (AvgIpc) is 2.03. The highest BCUT2D eigenvalue weighted by molar-refractivity contribution is 5.71. The van der Waals surface area contributed by atoms with Gasteiger partial charge in [0, 0.05) is 0 Å². The van der Waals surface area contributed by atoms with Gasteiger partial charge in [0.2, 0.25) is 0 Å². The first kappa shape index (κ1) is 13.0. The van der Waals surface area contributed by atoms with E-state index in [1.165, 1.54) is 0 Å². The van der Waals surface area contributed by atoms with E-state index >= 15 is 0 Å². The number of carbonyl (C=O) groups is 1. The minimum absolute atomic E-state index is 0.367. The molecule has 11 heavy (non-hydrogen) atoms. The number of rotatable bonds is 4. The van der Waals surface area contributed by atoms with Crippen LogP contribution in [0.4, 0.5) is 0 Å². The summed E-state index contributed by atoms with van der Waals surface area (Å²) in [5.74, 6) is -1.12. The first-order valence-corrected chi connectivity index (χ1v) is 3.29. The molecule has 0 aromatic rings. The lowest BCUT2D eigenvalue weighted by Crippen LogP contribution is -2.18. The Bertz CT molecular complexity index is 93.0. The fraction of sp³-hybridized carbons (Fsp3) is 0.833. The van der Waals surface area contributed by atoms with Crippen LogP contribution >= 0.6 is 0 Å². The molecule has 5 heteroatoms. The molecule has 0 aromatic heterocycles. The largest absolute Gasteiger partial charge is 0.479 e. The number of carboxylic acids is 1. The number of hydrogen-bond donors (Lipinski definition) is 4. The van der Waals surface area contributed by atoms with E-state index in [1.807, 2.05) is 6.92 Å². The second kappa shape index (κ2) is 9.35. The third kappa shape index (κ3) is 9.35. The average molecular weight is 166 g/mol. The molecule has 4 N–H and O–H groups in total. The molecule has 0 fully saturated rings. The second-order valence-corrected chi connectivity index (χ2v) is 2.00. The zero-order valence-electron chi connectivity index (χ0n) is 6.40. The molecule has 0 aliphatic heterocycles. The van der Waals surface area contributed by atoms with Crippen molar-refractivity contribution in [1.29, 1.82) is 0 Å². The normalized spacial score (nSPS) is 11.3. The molecule has 0 radical (unpaired) electrons. The van der Waals surface area contributed by atoms with Crippen LogP contribution in [0.15, 0.2) is 0 Å². The van der Waals surface area contributed by atoms with Crippen LogP contribution in [0.2, 0.25) is 0 Å². The summed E-state index contributed by atoms with van der Waals surface area (Å²) in [7, 11) is 0. The van der Waals surface area contributed by atoms with Crippen molar-refractivity contribution in [3.8, 4) is 0 Å². The van der Waals surface area contributed by atoms with E-state index in [-0.39, 0.29) is 0 Å². The molecule has 0 bridgehead atoms. The highest BCUT2D eigenvalue weighted by atomic mass is 17.0. The molecule has 0 rings (SSSR count). The molecule has 0 aliphatic carbocycles. The molecule has 0 saturated heterocycles. The Hall–Kier alpha value is -0.650. The summed E-state index contributed by atoms with van der Waals surface area (Å²) in [5, 5.41) is 28.8. The van der Waals surface area contributed by atoms with Crippen LogP contribution in [0.3, 0.4) is 0 Å². The van der Waals surface area contributed by atoms with E-state index in [0.717, 1.165) is 12.8 Å². The van der Waals surface area contributed by atoms with Crippen LogP contribution < -0.4 is 0 Å². The molecule has 0 aliphatic rings. The predicted octanol–water partition coefficient (Wildman–Crippen LogP) is 0.639. The SMILES string of the molecule is CCCCC(O)C(=O)O.OO. The van der Waals surface area contributed by atoms with Crippen LogP contribution in [-0.4, -0.2) is 32.8 Å². The van der Waals surface area contributed by atoms with Crippen LogP contribution in [-0.2, 0) is 4.79 Å². The predicted molar refractivity (Wildman–Crippen MR) is 38.4 cm³/mol. The first-order chi connectivity index (χ1) is 5.18. The molecule has 0 heterocycles. The second-order valence-electron chi connectivity index (χ2n) is 2.00. The summed E-state index contributed by atoms with van der Waals surface area (Å²) < 4.78 is 0. The lowest BCUT2D eigenvalue weighted by Gasteiger charge is -2.01. The molecule has 0 amide bonds. The topological polar surface area (TPSA) is 98.0 Å². The Labute approximate surface area is 64.8 Å². The van der Waals surface area contributed by atoms with E-state index in [4.69, 9.17) is 20.7 Å². The minimum atomic E-state index is -1.16. The lowest BCUT2D eigenvalue weighted by atomic mass is 10.2. The van der Waals surface area contributed by atoms with Crippen LogP contribution in [0.5, 0.6) is 0 Å². The molecule has 5 nitrogen and oxygen atoms in total. The van der Waals surface area contributed by atoms with Crippen molar-refractivity contribution in [2.45, 2.75) is 32.3 Å². The van der Waals surface area contributed by atoms with Gasteiger partial charge in [0.1, 0.15) is 0 Å². The summed E-state index contributed by atoms with van der Waals surface area (Å²) in [4.78, 5) is 9.96. The van der Waals surface area contributed by atoms with Gasteiger partial charge in [-0.3, -0.25) is 10.5 Å². The summed E-state index contributed by atoms with van der Waals surface area (Å²) in [5.41, 5.74) is 0. The van der Waals surface area contributed by atoms with Crippen molar-refractivity contribution in [2.75, 3.05) is 0 Å². The van der Waals surface area contributed by atoms with Gasteiger partial charge in [-0.15, -0.1) is 0 Å². The molecule has 0 aromatic carbocycles. The van der Waals surface area contributed by atoms with Gasteiger partial charge in [-0.1, -0.05) is 19.8 Å². The van der Waals surface area contributed by atoms with Crippen LogP contribution in [0.25, 0.3) is 0 Å². The van der Waals surface area contributed by atoms with Gasteiger partial charge >= 0.3 is 5.97 Å². The standard InChI is InChI=1S/C6H12O3.H2O2/c1-2-3-4-5(7)6(8)9;1-2/h5,7H,2-4H2,1H3,(H,8,9);1-2H. The Morgan fingerprint density at radius 1 is 1.45 bits per heavy atom. The Morgan fingerprint density at radius 2 is 1.91 bits per heavy atom. The monoisotopic (exact) mass is 166 g/mol. The van der Waals surface area contributed by atoms with Gasteiger partial charge in [0.25, 0.3) is 0 Å². The Kier molecular flexibility index (Phi) is 11.0. The minimum Gasteiger partial charge on any atom is -0.479 e. The maximum Gasteiger partial charge on any atom is 0.332 e. The molecule has 68 valence electrons. The number of aliphatic hydroxyl groups excluding tert-OH is 1. The highest BCUT2D eigenvalue weighted by Gasteiger charge is 2.10. The summed E-state index contributed by atoms with van der Waals surface area (Å²) in [6, 6.07) is 0. The summed E-state index contributed by atoms with van der Waals surface area (Å²) in [6.07, 6.45) is 0.897. The third-order valence-electron chi connectivity index (χ3n) is 1.12. The first-order valence-electron chi connectivity index (χ1n) is 3.29. The van der Waals surface area contributed by atoms with E-state index in [2.05, 4.69) is 0 Å². The maximum atomic E-state index is 9.96. The van der Waals surface area contributed by atoms with Gasteiger partial charge in [-0.25, -0.2) is 4.79 Å². The molecule has 1 unspecified atom stereocenters. The fourth-order valence-electron chi connectivity index (χ4n) is 0.521. The van der Waals surface area contributed by atoms with Gasteiger partial charge in [-0.05, 0) is 6.42 Å². The van der Waals surface area contributed by atoms with Crippen molar-refractivity contribution in [3.63, 3.8) is 0 Å². The number of hydrogen-bond acceptors (Lipinski definition) is 4. The lowest BCUT2D eigenvalue weighted by molar-refractivity contribution is -0.176. The molecular weight excluding hydrogens is 152 g/mol. The van der Waals surface area contributed by atoms with Crippen LogP contribution in [0.1, 0.15) is 26.2 Å². The van der Waals surface area contributed by atoms with Gasteiger partial charge in [0.05, 0.1) is 0 Å². The van der Waals surface area contributed by atoms with E-state index in [1.54, 1.807) is 0 Å². The van der Waals surface area contributed by atoms with Crippen molar-refractivity contribution in [1.82, 2.24) is 0 Å². The molecule has 1 atom stereocenters. The maximum absolute atomic E-state index is 9.96. The van der Waals surface area contributed by atoms with E-state index in [0.29, 0.717) is 6.42 Å². The molecule has 0 spiro atoms. The number of unbranched alkanes of at least 4 members (excludes halogenated alkanes) is 1. The van der Waals surface area contributed by atoms with E-state index in [9.17, 15) is 4.79 Å². The van der Waals surface area contributed by atoms with Crippen molar-refractivity contribution in [2.24, 2.45) is 0 Å². The molecule has 0 saturated carbocycles. The van der Waals surface area contributed by atoms with Crippen molar-refractivity contribution >= 4 is 5.97 Å². The number of aliphatic hydroxyl groups is 1. The number of carboxylic acid groups (broad SMARTS) is 1. The van der Waals surface area contributed by atoms with Crippen LogP contribution in [0, 0.1) is 0 Å². The Morgan fingerprint density at radius 3 is 2.18 bits per heavy atom. The van der Waals surface area contributed by atoms with Gasteiger partial charge in [-0.2, -0.15) is 0 Å². The van der Waals surface area contributed by atoms with Gasteiger partial charge < -0.3 is 10.2 Å². The zero-order valence-corrected chi connectivity index (χ0v) is 6.40. The quantitative estimate of drug-likeness (QED) is 0.363. The third-order valence-corrected chi connectivity index (χ3v) is 1.12. The van der Waals surface area contributed by atoms with E-state index < -0.39 is 12.1 Å². The number of aliphatic carboxylic acids is 1. The highest BCUT2D eigenvalue weighted by Crippen LogP contribution is 1.99. The Balaban J connectivity index is 0. The van der Waals surface area contributed by atoms with Crippen molar-refractivity contribution < 1.29 is 25.5 Å². The fourth-order valence-corrected chi connectivity index (χ4v) is 0.521. The summed E-state index contributed by atoms with van der Waals surface area (Å²) in [6.45, 7) is 1.95. The summed E-state index contributed by atoms with van der Waals surface area (Å²) >= 11 is 0. The van der Waals surface area contributed by atoms with Crippen molar-refractivity contribution in [3.05, 3.63) is 0 Å².